The van der Waals surface area contributed by atoms with Crippen molar-refractivity contribution in [2.24, 2.45) is 5.92 Å². The molecule has 144 valence electrons. The summed E-state index contributed by atoms with van der Waals surface area (Å²) in [7, 11) is 0. The van der Waals surface area contributed by atoms with E-state index in [0.717, 1.165) is 44.3 Å². The van der Waals surface area contributed by atoms with Gasteiger partial charge in [0.1, 0.15) is 18.6 Å². The van der Waals surface area contributed by atoms with Crippen molar-refractivity contribution in [3.63, 3.8) is 0 Å². The molecule has 4 aliphatic heterocycles. The molecule has 0 bridgehead atoms. The zero-order valence-corrected chi connectivity index (χ0v) is 15.5. The summed E-state index contributed by atoms with van der Waals surface area (Å²) in [6.45, 7) is 5.39. The Kier molecular flexibility index (Phi) is 5.20. The molecule has 2 saturated heterocycles. The Hall–Kier alpha value is -1.57. The summed E-state index contributed by atoms with van der Waals surface area (Å²) in [5.41, 5.74) is 0.920. The molecule has 0 aliphatic carbocycles. The fourth-order valence-electron chi connectivity index (χ4n) is 3.98. The van der Waals surface area contributed by atoms with Crippen molar-refractivity contribution in [1.29, 1.82) is 0 Å². The Labute approximate surface area is 154 Å². The second-order valence-corrected chi connectivity index (χ2v) is 7.45. The van der Waals surface area contributed by atoms with Gasteiger partial charge in [-0.3, -0.25) is 10.2 Å². The van der Waals surface area contributed by atoms with Crippen molar-refractivity contribution in [2.45, 2.75) is 70.8 Å². The molecule has 4 rings (SSSR count). The van der Waals surface area contributed by atoms with E-state index in [0.29, 0.717) is 18.3 Å². The molecule has 0 aromatic carbocycles. The first-order valence-corrected chi connectivity index (χ1v) is 9.70. The Bertz CT molecular complexity index is 599. The number of hydrogen-bond donors (Lipinski definition) is 1. The van der Waals surface area contributed by atoms with Crippen LogP contribution in [0.2, 0.25) is 0 Å². The molecule has 0 saturated carbocycles. The molecule has 4 heterocycles. The fourth-order valence-corrected chi connectivity index (χ4v) is 3.98. The van der Waals surface area contributed by atoms with Crippen LogP contribution in [0.5, 0.6) is 0 Å². The number of urea groups is 1. The van der Waals surface area contributed by atoms with Crippen molar-refractivity contribution in [2.75, 3.05) is 13.2 Å². The van der Waals surface area contributed by atoms with Crippen molar-refractivity contribution >= 4 is 6.03 Å². The molecular weight excluding hydrogens is 336 g/mol. The summed E-state index contributed by atoms with van der Waals surface area (Å²) in [5, 5.41) is 2.90. The highest BCUT2D eigenvalue weighted by Crippen LogP contribution is 2.33. The number of nitrogens with zero attached hydrogens (tertiary/aromatic N) is 1. The molecule has 0 aromatic heterocycles. The maximum atomic E-state index is 12.5. The predicted molar refractivity (Wildman–Crippen MR) is 93.7 cm³/mol. The highest BCUT2D eigenvalue weighted by atomic mass is 16.7. The Morgan fingerprint density at radius 3 is 3.00 bits per heavy atom. The van der Waals surface area contributed by atoms with Gasteiger partial charge in [0.2, 0.25) is 6.23 Å². The highest BCUT2D eigenvalue weighted by Gasteiger charge is 2.40. The summed E-state index contributed by atoms with van der Waals surface area (Å²) >= 11 is 0. The smallest absolute Gasteiger partial charge is 0.326 e. The van der Waals surface area contributed by atoms with Gasteiger partial charge in [0.15, 0.2) is 6.29 Å². The predicted octanol–water partition coefficient (Wildman–Crippen LogP) is 2.84. The zero-order chi connectivity index (χ0) is 18.1. The minimum absolute atomic E-state index is 0.157. The summed E-state index contributed by atoms with van der Waals surface area (Å²) in [6, 6.07) is -0.182. The van der Waals surface area contributed by atoms with E-state index < -0.39 is 6.23 Å². The van der Waals surface area contributed by atoms with Gasteiger partial charge in [-0.2, -0.15) is 0 Å². The molecule has 2 amide bonds. The third-order valence-corrected chi connectivity index (χ3v) is 5.48. The lowest BCUT2D eigenvalue weighted by atomic mass is 10.0. The van der Waals surface area contributed by atoms with Gasteiger partial charge in [-0.05, 0) is 44.1 Å². The summed E-state index contributed by atoms with van der Waals surface area (Å²) in [4.78, 5) is 14.1. The fraction of sp³-hybridized carbons (Fsp3) is 0.737. The van der Waals surface area contributed by atoms with Gasteiger partial charge in [0, 0.05) is 18.4 Å². The lowest BCUT2D eigenvalue weighted by Gasteiger charge is -2.32. The maximum Gasteiger partial charge on any atom is 0.326 e. The van der Waals surface area contributed by atoms with E-state index in [1.165, 1.54) is 0 Å². The number of fused-ring (bicyclic) bond motifs is 1. The molecule has 2 fully saturated rings. The Morgan fingerprint density at radius 2 is 2.27 bits per heavy atom. The average Bonchev–Trinajstić information content (AvgIpc) is 3.22. The van der Waals surface area contributed by atoms with Crippen molar-refractivity contribution < 1.29 is 23.7 Å². The van der Waals surface area contributed by atoms with Gasteiger partial charge >= 0.3 is 6.03 Å². The zero-order valence-electron chi connectivity index (χ0n) is 15.5. The first kappa shape index (κ1) is 17.8. The average molecular weight is 364 g/mol. The third-order valence-electron chi connectivity index (χ3n) is 5.48. The van der Waals surface area contributed by atoms with Crippen LogP contribution in [0.3, 0.4) is 0 Å². The molecule has 1 N–H and O–H groups in total. The van der Waals surface area contributed by atoms with Crippen LogP contribution in [0, 0.1) is 5.92 Å². The minimum atomic E-state index is -0.439. The van der Waals surface area contributed by atoms with E-state index in [4.69, 9.17) is 18.9 Å². The standard InChI is InChI=1S/C19H28N2O5/c1-3-15-12(2)8-16(26-15)21-10-13-9-14(25-18(13)20-19(21)22)11-24-17-6-4-5-7-23-17/h9-10,12,15-18H,3-8,11H2,1-2H3,(H,20,22)/t12-,15?,16?,17?,18?/m1/s1. The van der Waals surface area contributed by atoms with E-state index in [9.17, 15) is 4.79 Å². The van der Waals surface area contributed by atoms with Crippen LogP contribution in [0.15, 0.2) is 23.6 Å². The van der Waals surface area contributed by atoms with Crippen LogP contribution in [0.1, 0.15) is 46.0 Å². The number of rotatable bonds is 5. The van der Waals surface area contributed by atoms with Crippen LogP contribution in [-0.2, 0) is 18.9 Å². The lowest BCUT2D eigenvalue weighted by Crippen LogP contribution is -2.51. The van der Waals surface area contributed by atoms with Crippen LogP contribution in [-0.4, -0.2) is 49.0 Å². The number of carbonyl (C=O) groups is 1. The number of amides is 2. The number of carbonyl (C=O) groups excluding carboxylic acids is 1. The topological polar surface area (TPSA) is 69.3 Å². The molecule has 4 aliphatic rings. The molecule has 7 nitrogen and oxygen atoms in total. The first-order valence-electron chi connectivity index (χ1n) is 9.70. The lowest BCUT2D eigenvalue weighted by molar-refractivity contribution is -0.162. The van der Waals surface area contributed by atoms with Crippen LogP contribution in [0.25, 0.3) is 0 Å². The van der Waals surface area contributed by atoms with E-state index in [-0.39, 0.29) is 24.7 Å². The second kappa shape index (κ2) is 7.58. The normalized spacial score (nSPS) is 36.9. The monoisotopic (exact) mass is 364 g/mol. The van der Waals surface area contributed by atoms with Gasteiger partial charge in [0.05, 0.1) is 6.10 Å². The van der Waals surface area contributed by atoms with E-state index in [1.807, 2.05) is 12.3 Å². The van der Waals surface area contributed by atoms with Crippen molar-refractivity contribution in [3.8, 4) is 0 Å². The summed E-state index contributed by atoms with van der Waals surface area (Å²) in [5.74, 6) is 1.16. The maximum absolute atomic E-state index is 12.5. The minimum Gasteiger partial charge on any atom is -0.468 e. The molecule has 0 aromatic rings. The summed E-state index contributed by atoms with van der Waals surface area (Å²) in [6.07, 6.45) is 8.13. The molecule has 26 heavy (non-hydrogen) atoms. The SMILES string of the molecule is CCC1OC(N2C=C3C=C(COC4CCCCO4)OC3NC2=O)C[C@H]1C. The number of hydrogen-bond acceptors (Lipinski definition) is 5. The van der Waals surface area contributed by atoms with E-state index in [2.05, 4.69) is 19.2 Å². The van der Waals surface area contributed by atoms with Crippen LogP contribution in [0.4, 0.5) is 4.79 Å². The molecule has 4 unspecified atom stereocenters. The molecule has 0 radical (unpaired) electrons. The van der Waals surface area contributed by atoms with Gasteiger partial charge in [-0.15, -0.1) is 0 Å². The van der Waals surface area contributed by atoms with E-state index in [1.54, 1.807) is 4.90 Å². The molecule has 7 heteroatoms. The van der Waals surface area contributed by atoms with Gasteiger partial charge in [0.25, 0.3) is 0 Å². The Balaban J connectivity index is 1.38. The van der Waals surface area contributed by atoms with Gasteiger partial charge < -0.3 is 18.9 Å². The largest absolute Gasteiger partial charge is 0.468 e. The first-order chi connectivity index (χ1) is 12.6. The van der Waals surface area contributed by atoms with E-state index >= 15 is 0 Å². The van der Waals surface area contributed by atoms with Crippen molar-refractivity contribution in [1.82, 2.24) is 10.2 Å². The van der Waals surface area contributed by atoms with Crippen LogP contribution < -0.4 is 5.32 Å². The van der Waals surface area contributed by atoms with Crippen molar-refractivity contribution in [3.05, 3.63) is 23.6 Å². The molecule has 5 atom stereocenters. The molecule has 0 spiro atoms. The second-order valence-electron chi connectivity index (χ2n) is 7.45. The van der Waals surface area contributed by atoms with Crippen LogP contribution >= 0.6 is 0 Å². The highest BCUT2D eigenvalue weighted by molar-refractivity contribution is 5.78. The Morgan fingerprint density at radius 1 is 1.38 bits per heavy atom. The van der Waals surface area contributed by atoms with Gasteiger partial charge in [-0.1, -0.05) is 13.8 Å². The summed E-state index contributed by atoms with van der Waals surface area (Å²) < 4.78 is 23.2. The number of ether oxygens (including phenoxy) is 4. The number of nitrogens with one attached hydrogen (secondary N) is 1. The quantitative estimate of drug-likeness (QED) is 0.812. The molecular formula is C19H28N2O5. The third kappa shape index (κ3) is 3.61. The van der Waals surface area contributed by atoms with Gasteiger partial charge in [-0.25, -0.2) is 4.79 Å².